The number of thiophene rings is 1. The molecule has 253 valence electrons. The van der Waals surface area contributed by atoms with Crippen LogP contribution in [0.5, 0.6) is 0 Å². The summed E-state index contributed by atoms with van der Waals surface area (Å²) in [5, 5.41) is 6.44. The zero-order valence-corrected chi connectivity index (χ0v) is 32.3. The van der Waals surface area contributed by atoms with Crippen molar-refractivity contribution in [2.24, 2.45) is 5.41 Å². The summed E-state index contributed by atoms with van der Waals surface area (Å²) in [5.74, 6) is 0. The van der Waals surface area contributed by atoms with Crippen LogP contribution in [0.25, 0.3) is 64.9 Å². The van der Waals surface area contributed by atoms with E-state index in [2.05, 4.69) is 129 Å². The predicted octanol–water partition coefficient (Wildman–Crippen LogP) is 12.8. The molecule has 0 atom stereocenters. The van der Waals surface area contributed by atoms with Gasteiger partial charge in [0, 0.05) is 63.9 Å². The molecule has 9 rings (SSSR count). The van der Waals surface area contributed by atoms with Crippen LogP contribution in [0.1, 0.15) is 31.9 Å². The first-order chi connectivity index (χ1) is 24.3. The van der Waals surface area contributed by atoms with Crippen molar-refractivity contribution in [2.45, 2.75) is 34.1 Å². The van der Waals surface area contributed by atoms with Crippen molar-refractivity contribution in [1.29, 1.82) is 0 Å². The summed E-state index contributed by atoms with van der Waals surface area (Å²) in [7, 11) is 0. The van der Waals surface area contributed by atoms with Crippen molar-refractivity contribution >= 4 is 42.9 Å². The van der Waals surface area contributed by atoms with Crippen molar-refractivity contribution in [3.63, 3.8) is 0 Å². The fraction of sp³-hybridized carbons (Fsp3) is 0.130. The molecule has 3 aromatic heterocycles. The molecular formula is C46H37IrN3S-2. The van der Waals surface area contributed by atoms with Gasteiger partial charge in [-0.25, -0.2) is 0 Å². The van der Waals surface area contributed by atoms with Gasteiger partial charge in [-0.1, -0.05) is 92.6 Å². The van der Waals surface area contributed by atoms with Gasteiger partial charge in [0.2, 0.25) is 0 Å². The Kier molecular flexibility index (Phi) is 9.72. The van der Waals surface area contributed by atoms with E-state index in [1.165, 1.54) is 53.6 Å². The summed E-state index contributed by atoms with van der Waals surface area (Å²) in [5.41, 5.74) is 14.0. The van der Waals surface area contributed by atoms with Gasteiger partial charge >= 0.3 is 0 Å². The molecule has 0 amide bonds. The first-order valence-corrected chi connectivity index (χ1v) is 17.8. The Morgan fingerprint density at radius 3 is 2.27 bits per heavy atom. The summed E-state index contributed by atoms with van der Waals surface area (Å²) in [6.45, 7) is 9.08. The van der Waals surface area contributed by atoms with E-state index < -0.39 is 0 Å². The summed E-state index contributed by atoms with van der Waals surface area (Å²) < 4.78 is 2.66. The van der Waals surface area contributed by atoms with Gasteiger partial charge < -0.3 is 15.3 Å². The minimum absolute atomic E-state index is 0. The van der Waals surface area contributed by atoms with Gasteiger partial charge in [0.15, 0.2) is 0 Å². The Hall–Kier alpha value is -4.93. The van der Waals surface area contributed by atoms with Crippen LogP contribution in [0, 0.1) is 24.5 Å². The molecule has 0 unspecified atom stereocenters. The van der Waals surface area contributed by atoms with Gasteiger partial charge in [-0.3, -0.25) is 0 Å². The van der Waals surface area contributed by atoms with Crippen LogP contribution in [0.4, 0.5) is 11.4 Å². The Morgan fingerprint density at radius 2 is 1.47 bits per heavy atom. The molecule has 5 aromatic carbocycles. The van der Waals surface area contributed by atoms with Crippen LogP contribution in [0.15, 0.2) is 134 Å². The van der Waals surface area contributed by atoms with E-state index in [1.807, 2.05) is 60.0 Å². The van der Waals surface area contributed by atoms with E-state index in [0.717, 1.165) is 40.3 Å². The van der Waals surface area contributed by atoms with Crippen LogP contribution >= 0.6 is 11.3 Å². The molecule has 2 bridgehead atoms. The molecule has 51 heavy (non-hydrogen) atoms. The second kappa shape index (κ2) is 14.4. The normalized spacial score (nSPS) is 11.6. The van der Waals surface area contributed by atoms with E-state index in [1.54, 1.807) is 6.20 Å². The zero-order valence-electron chi connectivity index (χ0n) is 29.0. The van der Waals surface area contributed by atoms with Gasteiger partial charge in [0.25, 0.3) is 0 Å². The topological polar surface area (TPSA) is 37.8 Å². The van der Waals surface area contributed by atoms with Gasteiger partial charge in [0.05, 0.1) is 0 Å². The average molecular weight is 856 g/mol. The fourth-order valence-corrected chi connectivity index (χ4v) is 8.15. The summed E-state index contributed by atoms with van der Waals surface area (Å²) in [6, 6.07) is 49.0. The molecule has 0 saturated carbocycles. The number of anilines is 2. The summed E-state index contributed by atoms with van der Waals surface area (Å²) in [6.07, 6.45) is 4.73. The van der Waals surface area contributed by atoms with Crippen LogP contribution in [0.2, 0.25) is 0 Å². The molecule has 4 heterocycles. The number of rotatable bonds is 3. The van der Waals surface area contributed by atoms with Crippen LogP contribution in [-0.4, -0.2) is 9.97 Å². The number of nitrogens with zero attached hydrogens (tertiary/aromatic N) is 2. The van der Waals surface area contributed by atoms with Crippen molar-refractivity contribution in [2.75, 3.05) is 5.32 Å². The maximum atomic E-state index is 4.72. The Bertz CT molecular complexity index is 2440. The number of hydrogen-bond donors (Lipinski definition) is 1. The molecule has 0 spiro atoms. The number of fused-ring (bicyclic) bond motifs is 10. The zero-order chi connectivity index (χ0) is 34.2. The second-order valence-corrected chi connectivity index (χ2v) is 15.1. The third-order valence-corrected chi connectivity index (χ3v) is 10.3. The average Bonchev–Trinajstić information content (AvgIpc) is 3.51. The van der Waals surface area contributed by atoms with Crippen LogP contribution in [0.3, 0.4) is 0 Å². The SMILES string of the molecule is Cc1c2cccc1-c1c(ccc3c1sc1ccccc13)Nc1c[c-]c(-c3cc(CC(C)(C)C)ccn3)cc1-2.[Ir].[c-]1ccccc1-c1ccccn1. The molecule has 1 aliphatic rings. The number of benzene rings is 5. The molecule has 8 aromatic rings. The number of nitrogens with one attached hydrogen (secondary N) is 1. The molecule has 3 nitrogen and oxygen atoms in total. The van der Waals surface area contributed by atoms with E-state index in [0.29, 0.717) is 0 Å². The smallest absolute Gasteiger partial charge is 0.0454 e. The standard InChI is InChI=1S/C35H29N2S.C11H8N.Ir/c1-21-24-9-7-10-25(21)33-30(15-13-27-26-8-5-6-11-32(26)38-34(27)33)37-29-14-12-23(19-28(24)29)31-18-22(16-17-36-31)20-35(2,3)4;1-2-6-10(7-3-1)11-8-4-5-9-12-11;/h5-11,13-19,37H,20H2,1-4H3;1-6,8-9H;/q2*-1;. The van der Waals surface area contributed by atoms with E-state index in [-0.39, 0.29) is 25.5 Å². The Balaban J connectivity index is 0.000000265. The second-order valence-electron chi connectivity index (χ2n) is 14.0. The van der Waals surface area contributed by atoms with Crippen molar-refractivity contribution in [3.8, 4) is 44.8 Å². The van der Waals surface area contributed by atoms with Crippen molar-refractivity contribution in [1.82, 2.24) is 9.97 Å². The van der Waals surface area contributed by atoms with Crippen molar-refractivity contribution < 1.29 is 20.1 Å². The quantitative estimate of drug-likeness (QED) is 0.180. The molecule has 1 N–H and O–H groups in total. The van der Waals surface area contributed by atoms with E-state index >= 15 is 0 Å². The predicted molar refractivity (Wildman–Crippen MR) is 212 cm³/mol. The monoisotopic (exact) mass is 856 g/mol. The molecule has 0 fully saturated rings. The molecule has 5 heteroatoms. The molecule has 1 radical (unpaired) electrons. The van der Waals surface area contributed by atoms with Gasteiger partial charge in [-0.15, -0.1) is 71.0 Å². The van der Waals surface area contributed by atoms with Crippen LogP contribution < -0.4 is 5.32 Å². The number of aromatic nitrogens is 2. The van der Waals surface area contributed by atoms with Crippen molar-refractivity contribution in [3.05, 3.63) is 157 Å². The van der Waals surface area contributed by atoms with Gasteiger partial charge in [0.1, 0.15) is 0 Å². The largest absolute Gasteiger partial charge is 0.394 e. The van der Waals surface area contributed by atoms with Crippen LogP contribution in [-0.2, 0) is 26.5 Å². The number of pyridine rings is 2. The molecule has 0 aliphatic carbocycles. The first-order valence-electron chi connectivity index (χ1n) is 17.0. The Labute approximate surface area is 317 Å². The molecule has 1 aliphatic heterocycles. The number of hydrogen-bond acceptors (Lipinski definition) is 4. The van der Waals surface area contributed by atoms with E-state index in [4.69, 9.17) is 4.98 Å². The third-order valence-electron chi connectivity index (χ3n) is 9.15. The van der Waals surface area contributed by atoms with Gasteiger partial charge in [-0.2, -0.15) is 0 Å². The Morgan fingerprint density at radius 1 is 0.667 bits per heavy atom. The molecule has 0 saturated heterocycles. The maximum absolute atomic E-state index is 4.72. The summed E-state index contributed by atoms with van der Waals surface area (Å²) >= 11 is 1.88. The maximum Gasteiger partial charge on any atom is 0.0454 e. The van der Waals surface area contributed by atoms with Gasteiger partial charge in [-0.05, 0) is 76.8 Å². The first kappa shape index (κ1) is 34.5. The minimum Gasteiger partial charge on any atom is -0.394 e. The molecular weight excluding hydrogens is 819 g/mol. The fourth-order valence-electron chi connectivity index (χ4n) is 6.89. The van der Waals surface area contributed by atoms with E-state index in [9.17, 15) is 0 Å². The minimum atomic E-state index is 0. The third kappa shape index (κ3) is 7.03. The summed E-state index contributed by atoms with van der Waals surface area (Å²) in [4.78, 5) is 8.94.